The number of halogens is 1. The van der Waals surface area contributed by atoms with E-state index in [1.165, 1.54) is 0 Å². The van der Waals surface area contributed by atoms with Crippen LogP contribution in [0.25, 0.3) is 5.95 Å². The standard InChI is InChI=1S/C14H10IN5O/c15-11-4-1-3-10(7-11)13(21)19-12-8-16-14(17-9-12)20-6-2-5-18-20/h1-9H,(H,19,21). The van der Waals surface area contributed by atoms with E-state index in [0.717, 1.165) is 3.57 Å². The highest BCUT2D eigenvalue weighted by Gasteiger charge is 2.07. The maximum atomic E-state index is 12.1. The van der Waals surface area contributed by atoms with Crippen molar-refractivity contribution in [3.8, 4) is 5.95 Å². The third kappa shape index (κ3) is 3.24. The lowest BCUT2D eigenvalue weighted by atomic mass is 10.2. The smallest absolute Gasteiger partial charge is 0.255 e. The molecule has 0 aliphatic rings. The number of nitrogens with one attached hydrogen (secondary N) is 1. The van der Waals surface area contributed by atoms with E-state index in [1.54, 1.807) is 41.6 Å². The minimum atomic E-state index is -0.191. The predicted octanol–water partition coefficient (Wildman–Crippen LogP) is 2.52. The number of nitrogens with zero attached hydrogens (tertiary/aromatic N) is 4. The van der Waals surface area contributed by atoms with Crippen LogP contribution in [-0.4, -0.2) is 25.7 Å². The lowest BCUT2D eigenvalue weighted by Gasteiger charge is -2.05. The average Bonchev–Trinajstić information content (AvgIpc) is 3.02. The van der Waals surface area contributed by atoms with Gasteiger partial charge in [0.2, 0.25) is 0 Å². The molecule has 0 saturated heterocycles. The first-order valence-electron chi connectivity index (χ1n) is 6.11. The zero-order chi connectivity index (χ0) is 14.7. The second kappa shape index (κ2) is 6.00. The number of hydrogen-bond donors (Lipinski definition) is 1. The molecule has 1 N–H and O–H groups in total. The summed E-state index contributed by atoms with van der Waals surface area (Å²) in [5.74, 6) is 0.260. The van der Waals surface area contributed by atoms with Crippen molar-refractivity contribution in [2.45, 2.75) is 0 Å². The van der Waals surface area contributed by atoms with E-state index >= 15 is 0 Å². The maximum absolute atomic E-state index is 12.1. The molecule has 0 atom stereocenters. The van der Waals surface area contributed by atoms with Gasteiger partial charge >= 0.3 is 0 Å². The van der Waals surface area contributed by atoms with Crippen molar-refractivity contribution in [2.24, 2.45) is 0 Å². The summed E-state index contributed by atoms with van der Waals surface area (Å²) in [6.45, 7) is 0. The van der Waals surface area contributed by atoms with E-state index in [9.17, 15) is 4.79 Å². The van der Waals surface area contributed by atoms with Crippen LogP contribution in [0.15, 0.2) is 55.1 Å². The second-order valence-corrected chi connectivity index (χ2v) is 5.43. The van der Waals surface area contributed by atoms with Gasteiger partial charge in [-0.05, 0) is 46.9 Å². The molecule has 0 fully saturated rings. The summed E-state index contributed by atoms with van der Waals surface area (Å²) in [4.78, 5) is 20.4. The van der Waals surface area contributed by atoms with Crippen molar-refractivity contribution in [1.29, 1.82) is 0 Å². The Kier molecular flexibility index (Phi) is 3.91. The molecule has 0 bridgehead atoms. The molecule has 6 nitrogen and oxygen atoms in total. The highest BCUT2D eigenvalue weighted by atomic mass is 127. The van der Waals surface area contributed by atoms with Gasteiger partial charge in [0.1, 0.15) is 0 Å². The highest BCUT2D eigenvalue weighted by Crippen LogP contribution is 2.11. The molecule has 21 heavy (non-hydrogen) atoms. The summed E-state index contributed by atoms with van der Waals surface area (Å²) < 4.78 is 2.55. The second-order valence-electron chi connectivity index (χ2n) is 4.19. The molecule has 0 unspecified atom stereocenters. The fourth-order valence-corrected chi connectivity index (χ4v) is 2.27. The number of carbonyl (C=O) groups is 1. The molecular formula is C14H10IN5O. The third-order valence-electron chi connectivity index (χ3n) is 2.69. The van der Waals surface area contributed by atoms with Crippen LogP contribution in [-0.2, 0) is 0 Å². The summed E-state index contributed by atoms with van der Waals surface area (Å²) in [5.41, 5.74) is 1.13. The van der Waals surface area contributed by atoms with Crippen molar-refractivity contribution < 1.29 is 4.79 Å². The molecule has 0 saturated carbocycles. The molecule has 3 rings (SSSR count). The van der Waals surface area contributed by atoms with Gasteiger partial charge in [-0.2, -0.15) is 5.10 Å². The van der Waals surface area contributed by atoms with Crippen molar-refractivity contribution >= 4 is 34.2 Å². The van der Waals surface area contributed by atoms with Gasteiger partial charge in [-0.3, -0.25) is 4.79 Å². The zero-order valence-electron chi connectivity index (χ0n) is 10.8. The van der Waals surface area contributed by atoms with Crippen LogP contribution in [0.2, 0.25) is 0 Å². The molecule has 2 aromatic heterocycles. The number of rotatable bonds is 3. The SMILES string of the molecule is O=C(Nc1cnc(-n2cccn2)nc1)c1cccc(I)c1. The monoisotopic (exact) mass is 391 g/mol. The number of carbonyl (C=O) groups excluding carboxylic acids is 1. The topological polar surface area (TPSA) is 72.7 Å². The Hall–Kier alpha value is -2.29. The number of anilines is 1. The summed E-state index contributed by atoms with van der Waals surface area (Å²) in [6.07, 6.45) is 6.50. The molecule has 0 spiro atoms. The summed E-state index contributed by atoms with van der Waals surface area (Å²) >= 11 is 2.17. The molecule has 0 radical (unpaired) electrons. The maximum Gasteiger partial charge on any atom is 0.255 e. The normalized spacial score (nSPS) is 10.3. The van der Waals surface area contributed by atoms with Crippen molar-refractivity contribution in [1.82, 2.24) is 19.7 Å². The first-order valence-corrected chi connectivity index (χ1v) is 7.19. The Morgan fingerprint density at radius 1 is 1.19 bits per heavy atom. The van der Waals surface area contributed by atoms with E-state index in [4.69, 9.17) is 0 Å². The number of benzene rings is 1. The minimum Gasteiger partial charge on any atom is -0.319 e. The van der Waals surface area contributed by atoms with Crippen molar-refractivity contribution in [3.63, 3.8) is 0 Å². The summed E-state index contributed by atoms with van der Waals surface area (Å²) in [7, 11) is 0. The summed E-state index contributed by atoms with van der Waals surface area (Å²) in [5, 5.41) is 6.80. The Morgan fingerprint density at radius 3 is 2.67 bits per heavy atom. The van der Waals surface area contributed by atoms with E-state index < -0.39 is 0 Å². The van der Waals surface area contributed by atoms with E-state index in [2.05, 4.69) is 43.0 Å². The lowest BCUT2D eigenvalue weighted by Crippen LogP contribution is -2.13. The number of aromatic nitrogens is 4. The number of amides is 1. The van der Waals surface area contributed by atoms with Crippen LogP contribution in [0.5, 0.6) is 0 Å². The average molecular weight is 391 g/mol. The fourth-order valence-electron chi connectivity index (χ4n) is 1.72. The molecule has 3 aromatic rings. The van der Waals surface area contributed by atoms with E-state index in [0.29, 0.717) is 17.2 Å². The molecule has 1 aromatic carbocycles. The first kappa shape index (κ1) is 13.7. The molecule has 0 aliphatic carbocycles. The fraction of sp³-hybridized carbons (Fsp3) is 0. The van der Waals surface area contributed by atoms with Gasteiger partial charge in [0.25, 0.3) is 11.9 Å². The van der Waals surface area contributed by atoms with Crippen molar-refractivity contribution in [2.75, 3.05) is 5.32 Å². The van der Waals surface area contributed by atoms with Gasteiger partial charge in [-0.1, -0.05) is 6.07 Å². The molecule has 0 aliphatic heterocycles. The van der Waals surface area contributed by atoms with E-state index in [-0.39, 0.29) is 5.91 Å². The zero-order valence-corrected chi connectivity index (χ0v) is 12.9. The van der Waals surface area contributed by atoms with Gasteiger partial charge < -0.3 is 5.32 Å². The van der Waals surface area contributed by atoms with Gasteiger partial charge in [0.05, 0.1) is 18.1 Å². The van der Waals surface area contributed by atoms with Gasteiger partial charge in [-0.25, -0.2) is 14.6 Å². The van der Waals surface area contributed by atoms with Crippen LogP contribution in [0.1, 0.15) is 10.4 Å². The van der Waals surface area contributed by atoms with Gasteiger partial charge in [0, 0.05) is 21.5 Å². The molecule has 1 amide bonds. The van der Waals surface area contributed by atoms with Crippen molar-refractivity contribution in [3.05, 3.63) is 64.3 Å². The molecule has 2 heterocycles. The first-order chi connectivity index (χ1) is 10.2. The largest absolute Gasteiger partial charge is 0.319 e. The lowest BCUT2D eigenvalue weighted by molar-refractivity contribution is 0.102. The molecule has 7 heteroatoms. The van der Waals surface area contributed by atoms with Crippen LogP contribution in [0.4, 0.5) is 5.69 Å². The van der Waals surface area contributed by atoms with E-state index in [1.807, 2.05) is 18.2 Å². The number of hydrogen-bond acceptors (Lipinski definition) is 4. The van der Waals surface area contributed by atoms with Crippen LogP contribution < -0.4 is 5.32 Å². The third-order valence-corrected chi connectivity index (χ3v) is 3.36. The highest BCUT2D eigenvalue weighted by molar-refractivity contribution is 14.1. The van der Waals surface area contributed by atoms with Crippen LogP contribution >= 0.6 is 22.6 Å². The predicted molar refractivity (Wildman–Crippen MR) is 86.3 cm³/mol. The molecular weight excluding hydrogens is 381 g/mol. The summed E-state index contributed by atoms with van der Waals surface area (Å²) in [6, 6.07) is 9.13. The Balaban J connectivity index is 1.75. The van der Waals surface area contributed by atoms with Crippen LogP contribution in [0.3, 0.4) is 0 Å². The Bertz CT molecular complexity index is 755. The van der Waals surface area contributed by atoms with Gasteiger partial charge in [0.15, 0.2) is 0 Å². The minimum absolute atomic E-state index is 0.191. The quantitative estimate of drug-likeness (QED) is 0.697. The van der Waals surface area contributed by atoms with Crippen LogP contribution in [0, 0.1) is 3.57 Å². The van der Waals surface area contributed by atoms with Gasteiger partial charge in [-0.15, -0.1) is 0 Å². The Labute approximate surface area is 134 Å². The Morgan fingerprint density at radius 2 is 2.00 bits per heavy atom. The molecule has 104 valence electrons.